The van der Waals surface area contributed by atoms with Crippen LogP contribution in [-0.4, -0.2) is 25.8 Å². The molecule has 0 amide bonds. The summed E-state index contributed by atoms with van der Waals surface area (Å²) < 4.78 is 11.1. The van der Waals surface area contributed by atoms with Crippen molar-refractivity contribution in [2.45, 2.75) is 6.42 Å². The van der Waals surface area contributed by atoms with E-state index in [9.17, 15) is 4.79 Å². The lowest BCUT2D eigenvalue weighted by molar-refractivity contribution is 0.0427. The molecule has 0 aliphatic carbocycles. The monoisotopic (exact) mass is 299 g/mol. The van der Waals surface area contributed by atoms with Crippen molar-refractivity contribution in [1.82, 2.24) is 0 Å². The van der Waals surface area contributed by atoms with Gasteiger partial charge < -0.3 is 15.2 Å². The molecule has 1 atom stereocenters. The maximum atomic E-state index is 11.8. The Morgan fingerprint density at radius 3 is 3.12 bits per heavy atom. The first-order valence-electron chi connectivity index (χ1n) is 5.47. The van der Waals surface area contributed by atoms with Crippen LogP contribution in [0.4, 0.5) is 5.69 Å². The van der Waals surface area contributed by atoms with Gasteiger partial charge in [-0.1, -0.05) is 6.07 Å². The van der Waals surface area contributed by atoms with Gasteiger partial charge >= 0.3 is 5.97 Å². The van der Waals surface area contributed by atoms with E-state index in [2.05, 4.69) is 15.9 Å². The average molecular weight is 300 g/mol. The number of esters is 1. The smallest absolute Gasteiger partial charge is 0.339 e. The third-order valence-corrected chi connectivity index (χ3v) is 3.61. The molecule has 0 spiro atoms. The minimum atomic E-state index is -0.351. The highest BCUT2D eigenvalue weighted by Crippen LogP contribution is 2.24. The van der Waals surface area contributed by atoms with Crippen LogP contribution in [0, 0.1) is 5.92 Å². The van der Waals surface area contributed by atoms with Crippen LogP contribution in [0.5, 0.6) is 0 Å². The Hall–Kier alpha value is -1.07. The molecule has 1 fully saturated rings. The number of halogens is 1. The van der Waals surface area contributed by atoms with E-state index in [4.69, 9.17) is 15.2 Å². The molecule has 1 aromatic carbocycles. The van der Waals surface area contributed by atoms with Gasteiger partial charge in [-0.25, -0.2) is 4.79 Å². The van der Waals surface area contributed by atoms with E-state index in [-0.39, 0.29) is 5.97 Å². The van der Waals surface area contributed by atoms with Gasteiger partial charge in [-0.2, -0.15) is 0 Å². The molecule has 0 saturated carbocycles. The number of rotatable bonds is 3. The maximum Gasteiger partial charge on any atom is 0.339 e. The molecule has 1 aliphatic heterocycles. The Bertz CT molecular complexity index is 416. The lowest BCUT2D eigenvalue weighted by atomic mass is 10.1. The minimum Gasteiger partial charge on any atom is -0.462 e. The third-order valence-electron chi connectivity index (χ3n) is 2.72. The highest BCUT2D eigenvalue weighted by Gasteiger charge is 2.19. The molecule has 2 N–H and O–H groups in total. The molecular weight excluding hydrogens is 286 g/mol. The fourth-order valence-electron chi connectivity index (χ4n) is 1.69. The molecule has 1 aliphatic rings. The fourth-order valence-corrected chi connectivity index (χ4v) is 2.12. The van der Waals surface area contributed by atoms with E-state index in [0.717, 1.165) is 13.0 Å². The summed E-state index contributed by atoms with van der Waals surface area (Å²) in [7, 11) is 0. The van der Waals surface area contributed by atoms with Crippen LogP contribution in [0.25, 0.3) is 0 Å². The summed E-state index contributed by atoms with van der Waals surface area (Å²) in [6.07, 6.45) is 0.950. The van der Waals surface area contributed by atoms with Crippen molar-refractivity contribution < 1.29 is 14.3 Å². The summed E-state index contributed by atoms with van der Waals surface area (Å²) in [4.78, 5) is 11.8. The molecule has 1 heterocycles. The van der Waals surface area contributed by atoms with E-state index in [0.29, 0.717) is 34.9 Å². The summed E-state index contributed by atoms with van der Waals surface area (Å²) in [6.45, 7) is 1.83. The molecule has 17 heavy (non-hydrogen) atoms. The van der Waals surface area contributed by atoms with Crippen LogP contribution in [0.2, 0.25) is 0 Å². The Morgan fingerprint density at radius 1 is 1.59 bits per heavy atom. The van der Waals surface area contributed by atoms with Crippen LogP contribution in [0.1, 0.15) is 16.8 Å². The second-order valence-electron chi connectivity index (χ2n) is 4.04. The summed E-state index contributed by atoms with van der Waals surface area (Å²) in [5.41, 5.74) is 6.70. The number of carbonyl (C=O) groups is 1. The van der Waals surface area contributed by atoms with Crippen molar-refractivity contribution >= 4 is 27.6 Å². The highest BCUT2D eigenvalue weighted by molar-refractivity contribution is 9.10. The Balaban J connectivity index is 1.97. The molecule has 92 valence electrons. The van der Waals surface area contributed by atoms with Crippen molar-refractivity contribution in [3.8, 4) is 0 Å². The first-order chi connectivity index (χ1) is 8.18. The highest BCUT2D eigenvalue weighted by atomic mass is 79.9. The van der Waals surface area contributed by atoms with Crippen molar-refractivity contribution in [3.05, 3.63) is 28.2 Å². The normalized spacial score (nSPS) is 19.2. The molecule has 0 aromatic heterocycles. The zero-order valence-corrected chi connectivity index (χ0v) is 10.9. The third kappa shape index (κ3) is 2.98. The van der Waals surface area contributed by atoms with Crippen molar-refractivity contribution in [3.63, 3.8) is 0 Å². The Morgan fingerprint density at radius 2 is 2.41 bits per heavy atom. The molecule has 1 saturated heterocycles. The van der Waals surface area contributed by atoms with E-state index >= 15 is 0 Å². The largest absolute Gasteiger partial charge is 0.462 e. The van der Waals surface area contributed by atoms with Crippen LogP contribution in [0.15, 0.2) is 22.7 Å². The van der Waals surface area contributed by atoms with Gasteiger partial charge in [0, 0.05) is 18.2 Å². The van der Waals surface area contributed by atoms with Gasteiger partial charge in [0.15, 0.2) is 0 Å². The molecule has 1 aromatic rings. The minimum absolute atomic E-state index is 0.318. The number of hydrogen-bond donors (Lipinski definition) is 1. The second kappa shape index (κ2) is 5.51. The zero-order valence-electron chi connectivity index (χ0n) is 9.32. The van der Waals surface area contributed by atoms with Crippen molar-refractivity contribution in [1.29, 1.82) is 0 Å². The molecule has 1 unspecified atom stereocenters. The molecule has 0 radical (unpaired) electrons. The van der Waals surface area contributed by atoms with Crippen molar-refractivity contribution in [2.24, 2.45) is 5.92 Å². The van der Waals surface area contributed by atoms with Crippen LogP contribution < -0.4 is 5.73 Å². The molecule has 5 heteroatoms. The number of nitrogens with two attached hydrogens (primary N) is 1. The van der Waals surface area contributed by atoms with Gasteiger partial charge in [-0.15, -0.1) is 0 Å². The first-order valence-corrected chi connectivity index (χ1v) is 6.26. The van der Waals surface area contributed by atoms with E-state index in [1.165, 1.54) is 0 Å². The molecular formula is C12H14BrNO3. The van der Waals surface area contributed by atoms with Crippen LogP contribution in [-0.2, 0) is 9.47 Å². The molecule has 0 bridgehead atoms. The average Bonchev–Trinajstić information content (AvgIpc) is 2.82. The van der Waals surface area contributed by atoms with Gasteiger partial charge in [-0.3, -0.25) is 0 Å². The predicted molar refractivity (Wildman–Crippen MR) is 67.8 cm³/mol. The van der Waals surface area contributed by atoms with Crippen LogP contribution >= 0.6 is 15.9 Å². The van der Waals surface area contributed by atoms with Gasteiger partial charge in [0.2, 0.25) is 0 Å². The van der Waals surface area contributed by atoms with Gasteiger partial charge in [0.05, 0.1) is 23.2 Å². The van der Waals surface area contributed by atoms with E-state index < -0.39 is 0 Å². The number of ether oxygens (including phenoxy) is 2. The number of nitrogen functional groups attached to an aromatic ring is 1. The summed E-state index contributed by atoms with van der Waals surface area (Å²) in [5.74, 6) is -0.0325. The SMILES string of the molecule is Nc1cccc(C(=O)OCC2CCOC2)c1Br. The van der Waals surface area contributed by atoms with Crippen LogP contribution in [0.3, 0.4) is 0 Å². The number of benzene rings is 1. The van der Waals surface area contributed by atoms with Gasteiger partial charge in [-0.05, 0) is 34.5 Å². The summed E-state index contributed by atoms with van der Waals surface area (Å²) in [5, 5.41) is 0. The predicted octanol–water partition coefficient (Wildman–Crippen LogP) is 2.22. The molecule has 4 nitrogen and oxygen atoms in total. The summed E-state index contributed by atoms with van der Waals surface area (Å²) >= 11 is 3.28. The number of carbonyl (C=O) groups excluding carboxylic acids is 1. The van der Waals surface area contributed by atoms with Gasteiger partial charge in [0.25, 0.3) is 0 Å². The standard InChI is InChI=1S/C12H14BrNO3/c13-11-9(2-1-3-10(11)14)12(15)17-7-8-4-5-16-6-8/h1-3,8H,4-7,14H2. The lowest BCUT2D eigenvalue weighted by Gasteiger charge is -2.10. The summed E-state index contributed by atoms with van der Waals surface area (Å²) in [6, 6.07) is 5.15. The Kier molecular flexibility index (Phi) is 4.02. The fraction of sp³-hybridized carbons (Fsp3) is 0.417. The quantitative estimate of drug-likeness (QED) is 0.687. The number of anilines is 1. The molecule has 2 rings (SSSR count). The van der Waals surface area contributed by atoms with Gasteiger partial charge in [0.1, 0.15) is 0 Å². The topological polar surface area (TPSA) is 61.6 Å². The second-order valence-corrected chi connectivity index (χ2v) is 4.83. The maximum absolute atomic E-state index is 11.8. The number of hydrogen-bond acceptors (Lipinski definition) is 4. The van der Waals surface area contributed by atoms with E-state index in [1.54, 1.807) is 18.2 Å². The Labute approximate surface area is 108 Å². The lowest BCUT2D eigenvalue weighted by Crippen LogP contribution is -2.15. The first kappa shape index (κ1) is 12.4. The zero-order chi connectivity index (χ0) is 12.3. The van der Waals surface area contributed by atoms with E-state index in [1.807, 2.05) is 0 Å². The van der Waals surface area contributed by atoms with Crippen molar-refractivity contribution in [2.75, 3.05) is 25.6 Å².